The van der Waals surface area contributed by atoms with Crippen molar-refractivity contribution in [3.63, 3.8) is 0 Å². The van der Waals surface area contributed by atoms with Gasteiger partial charge in [0, 0.05) is 11.3 Å². The summed E-state index contributed by atoms with van der Waals surface area (Å²) in [5.74, 6) is 0.481. The number of nitrogens with one attached hydrogen (secondary N) is 3. The first kappa shape index (κ1) is 26.8. The highest BCUT2D eigenvalue weighted by molar-refractivity contribution is 5.97. The number of hydrazine groups is 1. The highest BCUT2D eigenvalue weighted by Gasteiger charge is 2.17. The van der Waals surface area contributed by atoms with Crippen molar-refractivity contribution in [2.45, 2.75) is 0 Å². The minimum atomic E-state index is -0.656. The predicted octanol–water partition coefficient (Wildman–Crippen LogP) is 2.92. The van der Waals surface area contributed by atoms with Crippen molar-refractivity contribution in [3.8, 4) is 28.7 Å². The van der Waals surface area contributed by atoms with Crippen LogP contribution in [0.25, 0.3) is 0 Å². The number of ether oxygens (including phenoxy) is 5. The molecule has 11 heteroatoms. The zero-order valence-corrected chi connectivity index (χ0v) is 20.5. The Hall–Kier alpha value is -4.77. The van der Waals surface area contributed by atoms with E-state index in [-0.39, 0.29) is 23.7 Å². The third kappa shape index (κ3) is 7.87. The van der Waals surface area contributed by atoms with Gasteiger partial charge in [0.05, 0.1) is 21.3 Å². The summed E-state index contributed by atoms with van der Waals surface area (Å²) in [6.07, 6.45) is 0. The van der Waals surface area contributed by atoms with E-state index in [1.165, 1.54) is 33.5 Å². The maximum absolute atomic E-state index is 12.4. The zero-order chi connectivity index (χ0) is 26.6. The summed E-state index contributed by atoms with van der Waals surface area (Å²) in [5, 5.41) is 2.65. The second kappa shape index (κ2) is 13.4. The topological polar surface area (TPSA) is 133 Å². The van der Waals surface area contributed by atoms with Gasteiger partial charge in [0.2, 0.25) is 11.7 Å². The number of hydrogen-bond acceptors (Lipinski definition) is 8. The SMILES string of the molecule is COc1cc(C(=O)NNC(=O)COCC(=O)Nc2ccc(Oc3ccccc3)cc2)cc(OC)c1OC. The number of rotatable bonds is 11. The summed E-state index contributed by atoms with van der Waals surface area (Å²) in [6, 6.07) is 19.0. The first-order valence-electron chi connectivity index (χ1n) is 11.0. The number of carbonyl (C=O) groups excluding carboxylic acids is 3. The monoisotopic (exact) mass is 509 g/mol. The molecule has 0 radical (unpaired) electrons. The molecule has 0 bridgehead atoms. The third-order valence-corrected chi connectivity index (χ3v) is 4.83. The highest BCUT2D eigenvalue weighted by atomic mass is 16.5. The highest BCUT2D eigenvalue weighted by Crippen LogP contribution is 2.38. The van der Waals surface area contributed by atoms with E-state index in [1.54, 1.807) is 24.3 Å². The van der Waals surface area contributed by atoms with Gasteiger partial charge >= 0.3 is 0 Å². The van der Waals surface area contributed by atoms with E-state index in [1.807, 2.05) is 30.3 Å². The number of carbonyl (C=O) groups is 3. The van der Waals surface area contributed by atoms with Crippen LogP contribution in [0, 0.1) is 0 Å². The van der Waals surface area contributed by atoms with Gasteiger partial charge in [-0.3, -0.25) is 25.2 Å². The molecule has 0 aromatic heterocycles. The van der Waals surface area contributed by atoms with Crippen molar-refractivity contribution in [2.75, 3.05) is 39.9 Å². The standard InChI is InChI=1S/C26H27N3O8/c1-33-21-13-17(14-22(34-2)25(21)35-3)26(32)29-28-24(31)16-36-15-23(30)27-18-9-11-20(12-10-18)37-19-7-5-4-6-8-19/h4-14H,15-16H2,1-3H3,(H,27,30)(H,28,31)(H,29,32). The van der Waals surface area contributed by atoms with Crippen LogP contribution >= 0.6 is 0 Å². The Labute approximate surface area is 213 Å². The summed E-state index contributed by atoms with van der Waals surface area (Å²) < 4.78 is 26.4. The average molecular weight is 510 g/mol. The maximum Gasteiger partial charge on any atom is 0.269 e. The Morgan fingerprint density at radius 2 is 1.30 bits per heavy atom. The lowest BCUT2D eigenvalue weighted by Crippen LogP contribution is -2.43. The van der Waals surface area contributed by atoms with Crippen molar-refractivity contribution >= 4 is 23.4 Å². The molecular weight excluding hydrogens is 482 g/mol. The lowest BCUT2D eigenvalue weighted by atomic mass is 10.1. The number of para-hydroxylation sites is 1. The third-order valence-electron chi connectivity index (χ3n) is 4.83. The minimum absolute atomic E-state index is 0.162. The molecule has 3 rings (SSSR count). The molecule has 0 unspecified atom stereocenters. The van der Waals surface area contributed by atoms with Crippen molar-refractivity contribution in [1.29, 1.82) is 0 Å². The van der Waals surface area contributed by atoms with Gasteiger partial charge in [0.25, 0.3) is 11.8 Å². The lowest BCUT2D eigenvalue weighted by Gasteiger charge is -2.14. The average Bonchev–Trinajstić information content (AvgIpc) is 2.92. The molecule has 0 fully saturated rings. The molecule has 3 aromatic carbocycles. The lowest BCUT2D eigenvalue weighted by molar-refractivity contribution is -0.129. The van der Waals surface area contributed by atoms with E-state index >= 15 is 0 Å². The Morgan fingerprint density at radius 1 is 0.703 bits per heavy atom. The van der Waals surface area contributed by atoms with E-state index < -0.39 is 24.3 Å². The van der Waals surface area contributed by atoms with Crippen LogP contribution in [0.15, 0.2) is 66.7 Å². The second-order valence-electron chi connectivity index (χ2n) is 7.40. The molecule has 0 aliphatic carbocycles. The molecule has 37 heavy (non-hydrogen) atoms. The van der Waals surface area contributed by atoms with E-state index in [0.29, 0.717) is 22.9 Å². The molecule has 0 saturated heterocycles. The molecule has 0 heterocycles. The molecule has 0 atom stereocenters. The molecule has 3 amide bonds. The second-order valence-corrected chi connectivity index (χ2v) is 7.40. The van der Waals surface area contributed by atoms with Crippen LogP contribution in [0.5, 0.6) is 28.7 Å². The molecule has 0 saturated carbocycles. The minimum Gasteiger partial charge on any atom is -0.493 e. The van der Waals surface area contributed by atoms with Gasteiger partial charge in [0.15, 0.2) is 11.5 Å². The van der Waals surface area contributed by atoms with Gasteiger partial charge in [-0.25, -0.2) is 0 Å². The molecule has 0 aliphatic rings. The van der Waals surface area contributed by atoms with Crippen LogP contribution in [-0.4, -0.2) is 52.3 Å². The Kier molecular flexibility index (Phi) is 9.68. The summed E-state index contributed by atoms with van der Waals surface area (Å²) in [4.78, 5) is 36.5. The van der Waals surface area contributed by atoms with Gasteiger partial charge in [-0.05, 0) is 48.5 Å². The predicted molar refractivity (Wildman–Crippen MR) is 134 cm³/mol. The van der Waals surface area contributed by atoms with Gasteiger partial charge < -0.3 is 29.0 Å². The fraction of sp³-hybridized carbons (Fsp3) is 0.192. The smallest absolute Gasteiger partial charge is 0.269 e. The normalized spacial score (nSPS) is 10.1. The van der Waals surface area contributed by atoms with Crippen LogP contribution < -0.4 is 35.1 Å². The Morgan fingerprint density at radius 3 is 1.89 bits per heavy atom. The fourth-order valence-corrected chi connectivity index (χ4v) is 3.11. The van der Waals surface area contributed by atoms with E-state index in [4.69, 9.17) is 23.7 Å². The molecular formula is C26H27N3O8. The van der Waals surface area contributed by atoms with E-state index in [0.717, 1.165) is 0 Å². The van der Waals surface area contributed by atoms with Crippen LogP contribution in [-0.2, 0) is 14.3 Å². The van der Waals surface area contributed by atoms with Gasteiger partial charge in [-0.15, -0.1) is 0 Å². The van der Waals surface area contributed by atoms with Crippen LogP contribution in [0.2, 0.25) is 0 Å². The summed E-state index contributed by atoms with van der Waals surface area (Å²) >= 11 is 0. The molecule has 0 aliphatic heterocycles. The van der Waals surface area contributed by atoms with Crippen molar-refractivity contribution < 1.29 is 38.1 Å². The first-order chi connectivity index (χ1) is 17.9. The summed E-state index contributed by atoms with van der Waals surface area (Å²) in [5.41, 5.74) is 5.17. The Bertz CT molecular complexity index is 1190. The Balaban J connectivity index is 1.40. The molecule has 11 nitrogen and oxygen atoms in total. The number of methoxy groups -OCH3 is 3. The van der Waals surface area contributed by atoms with Gasteiger partial charge in [0.1, 0.15) is 24.7 Å². The van der Waals surface area contributed by atoms with Crippen molar-refractivity contribution in [2.24, 2.45) is 0 Å². The number of benzene rings is 3. The van der Waals surface area contributed by atoms with Crippen LogP contribution in [0.1, 0.15) is 10.4 Å². The van der Waals surface area contributed by atoms with Crippen molar-refractivity contribution in [3.05, 3.63) is 72.3 Å². The summed E-state index contributed by atoms with van der Waals surface area (Å²) in [6.45, 7) is -0.816. The molecule has 194 valence electrons. The molecule has 3 N–H and O–H groups in total. The van der Waals surface area contributed by atoms with E-state index in [9.17, 15) is 14.4 Å². The number of amides is 3. The van der Waals surface area contributed by atoms with E-state index in [2.05, 4.69) is 16.2 Å². The van der Waals surface area contributed by atoms with Crippen LogP contribution in [0.3, 0.4) is 0 Å². The molecule has 3 aromatic rings. The van der Waals surface area contributed by atoms with Gasteiger partial charge in [-0.2, -0.15) is 0 Å². The maximum atomic E-state index is 12.4. The largest absolute Gasteiger partial charge is 0.493 e. The fourth-order valence-electron chi connectivity index (χ4n) is 3.11. The number of anilines is 1. The number of hydrogen-bond donors (Lipinski definition) is 3. The van der Waals surface area contributed by atoms with Gasteiger partial charge in [-0.1, -0.05) is 18.2 Å². The zero-order valence-electron chi connectivity index (χ0n) is 20.5. The first-order valence-corrected chi connectivity index (χ1v) is 11.0. The quantitative estimate of drug-likeness (QED) is 0.336. The van der Waals surface area contributed by atoms with Crippen LogP contribution in [0.4, 0.5) is 5.69 Å². The summed E-state index contributed by atoms with van der Waals surface area (Å²) in [7, 11) is 4.28. The van der Waals surface area contributed by atoms with Crippen molar-refractivity contribution in [1.82, 2.24) is 10.9 Å². The molecule has 0 spiro atoms.